The molecule has 2 aliphatic rings. The molecule has 12 nitrogen and oxygen atoms in total. The van der Waals surface area contributed by atoms with Crippen molar-refractivity contribution in [2.45, 2.75) is 84.0 Å². The van der Waals surface area contributed by atoms with E-state index in [9.17, 15) is 24.4 Å². The molecule has 0 N–H and O–H groups in total. The van der Waals surface area contributed by atoms with Gasteiger partial charge in [0.1, 0.15) is 29.2 Å². The van der Waals surface area contributed by atoms with E-state index in [1.165, 1.54) is 20.1 Å². The van der Waals surface area contributed by atoms with E-state index in [1.54, 1.807) is 16.7 Å². The zero-order valence-electron chi connectivity index (χ0n) is 23.0. The Kier molecular flexibility index (Phi) is 9.25. The summed E-state index contributed by atoms with van der Waals surface area (Å²) in [5.41, 5.74) is 2.29. The fraction of sp³-hybridized carbons (Fsp3) is 0.500. The third-order valence-corrected chi connectivity index (χ3v) is 7.21. The van der Waals surface area contributed by atoms with Crippen LogP contribution in [0.25, 0.3) is 11.3 Å². The van der Waals surface area contributed by atoms with Crippen molar-refractivity contribution in [1.82, 2.24) is 4.57 Å². The number of nitriles is 1. The molecular weight excluding hydrogens is 556 g/mol. The van der Waals surface area contributed by atoms with Crippen LogP contribution in [-0.4, -0.2) is 59.5 Å². The van der Waals surface area contributed by atoms with Gasteiger partial charge in [-0.25, -0.2) is 0 Å². The minimum absolute atomic E-state index is 0.0837. The smallest absolute Gasteiger partial charge is 0.303 e. The molecule has 0 saturated carbocycles. The molecule has 41 heavy (non-hydrogen) atoms. The molecule has 0 amide bonds. The normalized spacial score (nSPS) is 23.4. The van der Waals surface area contributed by atoms with Crippen LogP contribution in [0.3, 0.4) is 0 Å². The Morgan fingerprint density at radius 2 is 1.61 bits per heavy atom. The molecule has 1 fully saturated rings. The van der Waals surface area contributed by atoms with Crippen LogP contribution in [-0.2, 0) is 55.7 Å². The monoisotopic (exact) mass is 586 g/mol. The quantitative estimate of drug-likeness (QED) is 0.265. The lowest BCUT2D eigenvalue weighted by atomic mass is 9.88. The number of ether oxygens (including phenoxy) is 5. The van der Waals surface area contributed by atoms with Gasteiger partial charge >= 0.3 is 23.9 Å². The first-order chi connectivity index (χ1) is 19.5. The first kappa shape index (κ1) is 30.0. The molecule has 1 saturated heterocycles. The highest BCUT2D eigenvalue weighted by atomic mass is 32.1. The number of hydrogen-bond donors (Lipinski definition) is 0. The molecule has 0 bridgehead atoms. The third-order valence-electron chi connectivity index (χ3n) is 6.81. The van der Waals surface area contributed by atoms with Gasteiger partial charge in [-0.2, -0.15) is 5.26 Å². The van der Waals surface area contributed by atoms with E-state index >= 15 is 0 Å². The molecule has 218 valence electrons. The Morgan fingerprint density at radius 1 is 0.976 bits per heavy atom. The lowest BCUT2D eigenvalue weighted by Crippen LogP contribution is -2.61. The predicted octanol–water partition coefficient (Wildman–Crippen LogP) is 3.48. The number of esters is 4. The van der Waals surface area contributed by atoms with Crippen LogP contribution in [0.5, 0.6) is 0 Å². The average molecular weight is 587 g/mol. The molecule has 13 heteroatoms. The second kappa shape index (κ2) is 12.7. The van der Waals surface area contributed by atoms with Crippen molar-refractivity contribution in [2.75, 3.05) is 6.61 Å². The Balaban J connectivity index is 1.98. The fourth-order valence-corrected chi connectivity index (χ4v) is 5.77. The highest BCUT2D eigenvalue weighted by Crippen LogP contribution is 2.41. The van der Waals surface area contributed by atoms with Crippen molar-refractivity contribution in [3.05, 3.63) is 39.9 Å². The Bertz CT molecular complexity index is 1440. The van der Waals surface area contributed by atoms with Crippen molar-refractivity contribution >= 4 is 36.1 Å². The van der Waals surface area contributed by atoms with Gasteiger partial charge in [0, 0.05) is 39.0 Å². The van der Waals surface area contributed by atoms with Crippen LogP contribution in [0.4, 0.5) is 0 Å². The van der Waals surface area contributed by atoms with E-state index in [4.69, 9.17) is 40.3 Å². The van der Waals surface area contributed by atoms with Crippen LogP contribution in [0.1, 0.15) is 63.6 Å². The van der Waals surface area contributed by atoms with E-state index in [0.717, 1.165) is 37.9 Å². The van der Waals surface area contributed by atoms with Gasteiger partial charge in [0.15, 0.2) is 24.5 Å². The van der Waals surface area contributed by atoms with Gasteiger partial charge in [-0.05, 0) is 43.4 Å². The van der Waals surface area contributed by atoms with Crippen molar-refractivity contribution in [3.63, 3.8) is 0 Å². The summed E-state index contributed by atoms with van der Waals surface area (Å²) in [7, 11) is 0. The Morgan fingerprint density at radius 3 is 2.20 bits per heavy atom. The van der Waals surface area contributed by atoms with Gasteiger partial charge in [0.05, 0.1) is 11.8 Å². The first-order valence-electron chi connectivity index (χ1n) is 13.1. The third kappa shape index (κ3) is 6.34. The largest absolute Gasteiger partial charge is 0.464 e. The van der Waals surface area contributed by atoms with E-state index < -0.39 is 54.5 Å². The maximum Gasteiger partial charge on any atom is 0.303 e. The van der Waals surface area contributed by atoms with E-state index in [2.05, 4.69) is 6.07 Å². The van der Waals surface area contributed by atoms with E-state index in [-0.39, 0.29) is 16.8 Å². The summed E-state index contributed by atoms with van der Waals surface area (Å²) >= 11 is 5.86. The van der Waals surface area contributed by atoms with Crippen LogP contribution in [0.2, 0.25) is 0 Å². The van der Waals surface area contributed by atoms with Crippen LogP contribution < -0.4 is 0 Å². The summed E-state index contributed by atoms with van der Waals surface area (Å²) in [5, 5.41) is 10.3. The highest BCUT2D eigenvalue weighted by molar-refractivity contribution is 7.71. The van der Waals surface area contributed by atoms with Gasteiger partial charge < -0.3 is 32.7 Å². The zero-order valence-corrected chi connectivity index (χ0v) is 23.9. The number of furan rings is 1. The van der Waals surface area contributed by atoms with Gasteiger partial charge in [0.25, 0.3) is 0 Å². The lowest BCUT2D eigenvalue weighted by molar-refractivity contribution is -0.269. The summed E-state index contributed by atoms with van der Waals surface area (Å²) in [5.74, 6) is -2.34. The first-order valence-corrected chi connectivity index (χ1v) is 13.5. The van der Waals surface area contributed by atoms with Crippen molar-refractivity contribution in [2.24, 2.45) is 0 Å². The number of rotatable bonds is 7. The van der Waals surface area contributed by atoms with Crippen LogP contribution in [0.15, 0.2) is 22.8 Å². The minimum Gasteiger partial charge on any atom is -0.464 e. The summed E-state index contributed by atoms with van der Waals surface area (Å²) in [4.78, 5) is 48.4. The standard InChI is InChI=1S/C28H30N2O10S/c1-14(31)36-13-22-24(37-15(2)32)25(38-16(3)33)26(39-17(4)34)27(40-22)30-20-9-6-5-8-18(20)23(19(12-29)28(30)41)21-10-7-11-35-21/h7,10-11,22,24-27H,5-6,8-9,13H2,1-4H3/t22-,24+,25-,26-,27+/m0/s1. The SMILES string of the molecule is CC(=O)OC[C@@H]1O[C@@H](n2c3c(c(-c4ccco4)c(C#N)c2=S)CCCC3)[C@@H](OC(C)=O)[C@@H](OC(C)=O)[C@@H]1OC(C)=O. The second-order valence-electron chi connectivity index (χ2n) is 9.74. The minimum atomic E-state index is -1.36. The molecule has 4 rings (SSSR count). The molecule has 2 aromatic heterocycles. The molecule has 0 spiro atoms. The predicted molar refractivity (Wildman–Crippen MR) is 142 cm³/mol. The van der Waals surface area contributed by atoms with E-state index in [1.807, 2.05) is 0 Å². The van der Waals surface area contributed by atoms with Crippen molar-refractivity contribution in [1.29, 1.82) is 5.26 Å². The number of nitrogens with zero attached hydrogens (tertiary/aromatic N) is 2. The highest BCUT2D eigenvalue weighted by Gasteiger charge is 2.53. The van der Waals surface area contributed by atoms with Crippen LogP contribution in [0, 0.1) is 16.0 Å². The maximum absolute atomic E-state index is 12.4. The van der Waals surface area contributed by atoms with Crippen molar-refractivity contribution in [3.8, 4) is 17.4 Å². The number of carbonyl (C=O) groups is 4. The summed E-state index contributed by atoms with van der Waals surface area (Å²) in [6.07, 6.45) is -2.10. The molecule has 2 aromatic rings. The number of hydrogen-bond acceptors (Lipinski definition) is 12. The maximum atomic E-state index is 12.4. The molecule has 1 aliphatic heterocycles. The summed E-state index contributed by atoms with van der Waals surface area (Å²) in [6.45, 7) is 4.30. The van der Waals surface area contributed by atoms with Gasteiger partial charge in [0.2, 0.25) is 0 Å². The topological polar surface area (TPSA) is 156 Å². The Hall–Kier alpha value is -4.02. The van der Waals surface area contributed by atoms with Gasteiger partial charge in [-0.1, -0.05) is 12.2 Å². The lowest BCUT2D eigenvalue weighted by Gasteiger charge is -2.46. The van der Waals surface area contributed by atoms with Gasteiger partial charge in [-0.15, -0.1) is 0 Å². The molecule has 0 aromatic carbocycles. The molecule has 5 atom stereocenters. The van der Waals surface area contributed by atoms with Crippen LogP contribution >= 0.6 is 12.2 Å². The molecule has 1 aliphatic carbocycles. The fourth-order valence-electron chi connectivity index (χ4n) is 5.40. The summed E-state index contributed by atoms with van der Waals surface area (Å²) < 4.78 is 35.7. The zero-order chi connectivity index (χ0) is 29.8. The second-order valence-corrected chi connectivity index (χ2v) is 10.1. The Labute approximate surface area is 241 Å². The van der Waals surface area contributed by atoms with E-state index in [0.29, 0.717) is 24.2 Å². The number of aromatic nitrogens is 1. The molecule has 3 heterocycles. The number of carbonyl (C=O) groups excluding carboxylic acids is 4. The molecule has 0 radical (unpaired) electrons. The number of pyridine rings is 1. The number of fused-ring (bicyclic) bond motifs is 1. The van der Waals surface area contributed by atoms with Gasteiger partial charge in [-0.3, -0.25) is 19.2 Å². The summed E-state index contributed by atoms with van der Waals surface area (Å²) in [6, 6.07) is 5.66. The van der Waals surface area contributed by atoms with Crippen molar-refractivity contribution < 1.29 is 47.3 Å². The molecule has 0 unspecified atom stereocenters. The molecular formula is C28H30N2O10S. The average Bonchev–Trinajstić information content (AvgIpc) is 3.43.